The van der Waals surface area contributed by atoms with Gasteiger partial charge in [-0.2, -0.15) is 4.99 Å². The molecular formula is C15H11ClN2OS. The summed E-state index contributed by atoms with van der Waals surface area (Å²) in [5.74, 6) is 0.230. The number of carbonyl (C=O) groups is 1. The molecule has 100 valence electrons. The van der Waals surface area contributed by atoms with Gasteiger partial charge < -0.3 is 0 Å². The van der Waals surface area contributed by atoms with Crippen molar-refractivity contribution >= 4 is 40.1 Å². The Morgan fingerprint density at radius 1 is 1.25 bits per heavy atom. The van der Waals surface area contributed by atoms with E-state index in [-0.39, 0.29) is 11.8 Å². The Balaban J connectivity index is 1.72. The summed E-state index contributed by atoms with van der Waals surface area (Å²) in [4.78, 5) is 20.4. The minimum Gasteiger partial charge on any atom is -0.271 e. The molecule has 1 atom stereocenters. The number of rotatable bonds is 2. The van der Waals surface area contributed by atoms with Crippen molar-refractivity contribution in [3.05, 3.63) is 59.2 Å². The summed E-state index contributed by atoms with van der Waals surface area (Å²) in [6.45, 7) is 0. The van der Waals surface area contributed by atoms with Crippen LogP contribution < -0.4 is 0 Å². The molecule has 0 N–H and O–H groups in total. The molecule has 0 fully saturated rings. The summed E-state index contributed by atoms with van der Waals surface area (Å²) in [5, 5.41) is 1.22. The van der Waals surface area contributed by atoms with Gasteiger partial charge in [-0.25, -0.2) is 4.99 Å². The molecule has 3 rings (SSSR count). The van der Waals surface area contributed by atoms with E-state index in [1.165, 1.54) is 11.8 Å². The van der Waals surface area contributed by atoms with E-state index < -0.39 is 0 Å². The molecule has 2 aliphatic rings. The molecule has 1 unspecified atom stereocenters. The second kappa shape index (κ2) is 5.77. The highest BCUT2D eigenvalue weighted by atomic mass is 35.5. The molecule has 3 nitrogen and oxygen atoms in total. The maximum Gasteiger partial charge on any atom is 0.261 e. The lowest BCUT2D eigenvalue weighted by Gasteiger charge is -2.17. The fraction of sp³-hybridized carbons (Fsp3) is 0.133. The summed E-state index contributed by atoms with van der Waals surface area (Å²) in [6, 6.07) is 7.63. The lowest BCUT2D eigenvalue weighted by atomic mass is 9.97. The Morgan fingerprint density at radius 2 is 2.15 bits per heavy atom. The van der Waals surface area contributed by atoms with Crippen LogP contribution in [-0.2, 0) is 10.5 Å². The van der Waals surface area contributed by atoms with Crippen molar-refractivity contribution in [3.63, 3.8) is 0 Å². The van der Waals surface area contributed by atoms with Crippen LogP contribution in [0.15, 0.2) is 58.6 Å². The maximum absolute atomic E-state index is 11.9. The third kappa shape index (κ3) is 2.92. The fourth-order valence-electron chi connectivity index (χ4n) is 1.99. The first kappa shape index (κ1) is 13.3. The van der Waals surface area contributed by atoms with Gasteiger partial charge >= 0.3 is 0 Å². The van der Waals surface area contributed by atoms with Gasteiger partial charge in [-0.3, -0.25) is 4.79 Å². The van der Waals surface area contributed by atoms with Crippen LogP contribution in [0.1, 0.15) is 5.56 Å². The molecule has 0 spiro atoms. The van der Waals surface area contributed by atoms with Crippen LogP contribution in [-0.4, -0.2) is 16.8 Å². The van der Waals surface area contributed by atoms with Crippen molar-refractivity contribution in [3.8, 4) is 0 Å². The average molecular weight is 303 g/mol. The smallest absolute Gasteiger partial charge is 0.261 e. The number of allylic oxidation sites excluding steroid dienone is 3. The van der Waals surface area contributed by atoms with Crippen molar-refractivity contribution in [1.29, 1.82) is 0 Å². The number of hydrogen-bond acceptors (Lipinski definition) is 3. The van der Waals surface area contributed by atoms with Gasteiger partial charge in [0.15, 0.2) is 5.17 Å². The summed E-state index contributed by atoms with van der Waals surface area (Å²) < 4.78 is 0. The second-order valence-corrected chi connectivity index (χ2v) is 5.79. The predicted octanol–water partition coefficient (Wildman–Crippen LogP) is 3.65. The molecular weight excluding hydrogens is 292 g/mol. The van der Waals surface area contributed by atoms with Gasteiger partial charge in [0.1, 0.15) is 5.92 Å². The largest absolute Gasteiger partial charge is 0.271 e. The number of hydrogen-bond donors (Lipinski definition) is 0. The highest BCUT2D eigenvalue weighted by molar-refractivity contribution is 8.13. The topological polar surface area (TPSA) is 41.8 Å². The van der Waals surface area contributed by atoms with Crippen LogP contribution >= 0.6 is 23.4 Å². The molecule has 1 heterocycles. The average Bonchev–Trinajstić information content (AvgIpc) is 2.45. The predicted molar refractivity (Wildman–Crippen MR) is 84.4 cm³/mol. The van der Waals surface area contributed by atoms with E-state index in [0.717, 1.165) is 11.3 Å². The van der Waals surface area contributed by atoms with E-state index in [1.54, 1.807) is 0 Å². The molecule has 1 aromatic rings. The normalized spacial score (nSPS) is 20.4. The van der Waals surface area contributed by atoms with Gasteiger partial charge in [0, 0.05) is 10.8 Å². The van der Waals surface area contributed by atoms with Gasteiger partial charge in [-0.1, -0.05) is 53.7 Å². The number of fused-ring (bicyclic) bond motifs is 1. The Kier molecular flexibility index (Phi) is 3.85. The Morgan fingerprint density at radius 3 is 3.00 bits per heavy atom. The van der Waals surface area contributed by atoms with Crippen LogP contribution in [0.25, 0.3) is 0 Å². The van der Waals surface area contributed by atoms with Crippen LogP contribution in [0.3, 0.4) is 0 Å². The Bertz CT molecular complexity index is 676. The Labute approximate surface area is 126 Å². The molecule has 0 saturated heterocycles. The first-order valence-electron chi connectivity index (χ1n) is 6.15. The van der Waals surface area contributed by atoms with E-state index >= 15 is 0 Å². The molecule has 0 saturated carbocycles. The van der Waals surface area contributed by atoms with Crippen molar-refractivity contribution < 1.29 is 4.79 Å². The third-order valence-corrected chi connectivity index (χ3v) is 4.11. The summed E-state index contributed by atoms with van der Waals surface area (Å²) >= 11 is 7.39. The highest BCUT2D eigenvalue weighted by Gasteiger charge is 2.26. The molecule has 5 heteroatoms. The number of nitrogens with zero attached hydrogens (tertiary/aromatic N) is 2. The van der Waals surface area contributed by atoms with E-state index in [0.29, 0.717) is 15.9 Å². The van der Waals surface area contributed by atoms with Crippen molar-refractivity contribution in [2.45, 2.75) is 5.75 Å². The Hall–Kier alpha value is -1.65. The van der Waals surface area contributed by atoms with E-state index in [4.69, 9.17) is 11.6 Å². The van der Waals surface area contributed by atoms with Crippen LogP contribution in [0.5, 0.6) is 0 Å². The van der Waals surface area contributed by atoms with E-state index in [1.807, 2.05) is 48.6 Å². The molecule has 0 radical (unpaired) electrons. The number of amidine groups is 1. The van der Waals surface area contributed by atoms with Crippen LogP contribution in [0.2, 0.25) is 5.02 Å². The minimum absolute atomic E-state index is 0.149. The third-order valence-electron chi connectivity index (χ3n) is 2.95. The first-order chi connectivity index (χ1) is 9.72. The molecule has 0 bridgehead atoms. The monoisotopic (exact) mass is 302 g/mol. The SMILES string of the molecule is O=C1N=C(SCc2cccc(Cl)c2)N=C2C=CC=CC12. The molecule has 0 aromatic heterocycles. The standard InChI is InChI=1S/C15H11ClN2OS/c16-11-5-3-4-10(8-11)9-20-15-17-13-7-2-1-6-12(13)14(19)18-15/h1-8,12H,9H2. The molecule has 1 aromatic carbocycles. The summed E-state index contributed by atoms with van der Waals surface area (Å²) in [5.41, 5.74) is 1.85. The minimum atomic E-state index is -0.310. The fourth-order valence-corrected chi connectivity index (χ4v) is 3.00. The number of thioether (sulfide) groups is 1. The number of aliphatic imine (C=N–C) groups is 2. The second-order valence-electron chi connectivity index (χ2n) is 4.41. The van der Waals surface area contributed by atoms with Gasteiger partial charge in [0.25, 0.3) is 5.91 Å². The molecule has 1 aliphatic carbocycles. The zero-order valence-electron chi connectivity index (χ0n) is 10.5. The van der Waals surface area contributed by atoms with Crippen LogP contribution in [0, 0.1) is 5.92 Å². The summed E-state index contributed by atoms with van der Waals surface area (Å²) in [6.07, 6.45) is 7.41. The van der Waals surface area contributed by atoms with Crippen molar-refractivity contribution in [2.75, 3.05) is 0 Å². The molecule has 1 aliphatic heterocycles. The van der Waals surface area contributed by atoms with Gasteiger partial charge in [0.2, 0.25) is 0 Å². The number of amides is 1. The van der Waals surface area contributed by atoms with Crippen molar-refractivity contribution in [2.24, 2.45) is 15.9 Å². The van der Waals surface area contributed by atoms with Gasteiger partial charge in [-0.15, -0.1) is 0 Å². The number of carbonyl (C=O) groups excluding carboxylic acids is 1. The summed E-state index contributed by atoms with van der Waals surface area (Å²) in [7, 11) is 0. The lowest BCUT2D eigenvalue weighted by Crippen LogP contribution is -2.26. The van der Waals surface area contributed by atoms with Gasteiger partial charge in [-0.05, 0) is 23.8 Å². The van der Waals surface area contributed by atoms with E-state index in [9.17, 15) is 4.79 Å². The zero-order valence-corrected chi connectivity index (χ0v) is 12.1. The quantitative estimate of drug-likeness (QED) is 0.836. The first-order valence-corrected chi connectivity index (χ1v) is 7.52. The molecule has 1 amide bonds. The number of halogens is 1. The zero-order chi connectivity index (χ0) is 13.9. The van der Waals surface area contributed by atoms with E-state index in [2.05, 4.69) is 9.98 Å². The van der Waals surface area contributed by atoms with Crippen LogP contribution in [0.4, 0.5) is 0 Å². The maximum atomic E-state index is 11.9. The highest BCUT2D eigenvalue weighted by Crippen LogP contribution is 2.23. The lowest BCUT2D eigenvalue weighted by molar-refractivity contribution is -0.118. The van der Waals surface area contributed by atoms with Gasteiger partial charge in [0.05, 0.1) is 5.71 Å². The molecule has 20 heavy (non-hydrogen) atoms. The van der Waals surface area contributed by atoms with Crippen molar-refractivity contribution in [1.82, 2.24) is 0 Å². The number of benzene rings is 1.